The minimum Gasteiger partial charge on any atom is -0.356 e. The maximum absolute atomic E-state index is 12.1. The number of hydrogen-bond donors (Lipinski definition) is 2. The Morgan fingerprint density at radius 2 is 1.82 bits per heavy atom. The van der Waals surface area contributed by atoms with Crippen molar-refractivity contribution in [3.63, 3.8) is 0 Å². The van der Waals surface area contributed by atoms with Gasteiger partial charge in [0.1, 0.15) is 0 Å². The molecule has 0 spiro atoms. The summed E-state index contributed by atoms with van der Waals surface area (Å²) in [5.74, 6) is 1.67. The molecule has 1 heterocycles. The Morgan fingerprint density at radius 1 is 1.14 bits per heavy atom. The van der Waals surface area contributed by atoms with Crippen LogP contribution < -0.4 is 10.6 Å². The molecule has 130 valence electrons. The number of nitrogens with one attached hydrogen (secondary N) is 2. The summed E-state index contributed by atoms with van der Waals surface area (Å²) in [5.41, 5.74) is 0. The average molecular weight is 424 g/mol. The molecular formula is C16H33IN4O. The van der Waals surface area contributed by atoms with Crippen molar-refractivity contribution < 1.29 is 4.79 Å². The van der Waals surface area contributed by atoms with Gasteiger partial charge in [-0.15, -0.1) is 24.0 Å². The lowest BCUT2D eigenvalue weighted by atomic mass is 10.1. The molecule has 1 amide bonds. The van der Waals surface area contributed by atoms with Crippen molar-refractivity contribution in [3.05, 3.63) is 0 Å². The second-order valence-electron chi connectivity index (χ2n) is 6.18. The Kier molecular flexibility index (Phi) is 12.6. The maximum atomic E-state index is 12.1. The third-order valence-electron chi connectivity index (χ3n) is 3.84. The molecule has 2 N–H and O–H groups in total. The van der Waals surface area contributed by atoms with Gasteiger partial charge in [-0.25, -0.2) is 0 Å². The normalized spacial score (nSPS) is 15.5. The van der Waals surface area contributed by atoms with Crippen LogP contribution in [-0.2, 0) is 4.79 Å². The SMILES string of the molecule is CN=C(NCCCCC(C)C)NCC(=O)N1CCCCC1.I. The van der Waals surface area contributed by atoms with E-state index in [9.17, 15) is 4.79 Å². The predicted octanol–water partition coefficient (Wildman–Crippen LogP) is 2.61. The van der Waals surface area contributed by atoms with Crippen LogP contribution in [0.2, 0.25) is 0 Å². The first-order chi connectivity index (χ1) is 10.1. The zero-order chi connectivity index (χ0) is 15.5. The summed E-state index contributed by atoms with van der Waals surface area (Å²) in [6, 6.07) is 0. The van der Waals surface area contributed by atoms with Gasteiger partial charge in [-0.2, -0.15) is 0 Å². The molecule has 0 radical (unpaired) electrons. The van der Waals surface area contributed by atoms with Gasteiger partial charge in [-0.1, -0.05) is 26.7 Å². The van der Waals surface area contributed by atoms with Crippen molar-refractivity contribution in [3.8, 4) is 0 Å². The van der Waals surface area contributed by atoms with E-state index in [4.69, 9.17) is 0 Å². The van der Waals surface area contributed by atoms with Gasteiger partial charge in [0.15, 0.2) is 5.96 Å². The van der Waals surface area contributed by atoms with Crippen LogP contribution in [0.25, 0.3) is 0 Å². The third kappa shape index (κ3) is 9.48. The van der Waals surface area contributed by atoms with Gasteiger partial charge in [-0.05, 0) is 31.6 Å². The van der Waals surface area contributed by atoms with E-state index >= 15 is 0 Å². The van der Waals surface area contributed by atoms with Crippen molar-refractivity contribution >= 4 is 35.8 Å². The van der Waals surface area contributed by atoms with Crippen LogP contribution in [0.15, 0.2) is 4.99 Å². The summed E-state index contributed by atoms with van der Waals surface area (Å²) in [6.07, 6.45) is 7.15. The van der Waals surface area contributed by atoms with Crippen molar-refractivity contribution in [2.75, 3.05) is 33.2 Å². The molecule has 1 rings (SSSR count). The molecule has 5 nitrogen and oxygen atoms in total. The van der Waals surface area contributed by atoms with Gasteiger partial charge in [0.05, 0.1) is 6.54 Å². The van der Waals surface area contributed by atoms with Crippen LogP contribution in [0, 0.1) is 5.92 Å². The Labute approximate surface area is 152 Å². The monoisotopic (exact) mass is 424 g/mol. The second-order valence-corrected chi connectivity index (χ2v) is 6.18. The number of halogens is 1. The molecule has 0 aliphatic carbocycles. The molecule has 0 aromatic carbocycles. The molecule has 0 aromatic heterocycles. The molecule has 1 aliphatic heterocycles. The van der Waals surface area contributed by atoms with Gasteiger partial charge in [0.25, 0.3) is 0 Å². The topological polar surface area (TPSA) is 56.7 Å². The van der Waals surface area contributed by atoms with Crippen molar-refractivity contribution in [2.24, 2.45) is 10.9 Å². The lowest BCUT2D eigenvalue weighted by Crippen LogP contribution is -2.46. The molecule has 22 heavy (non-hydrogen) atoms. The van der Waals surface area contributed by atoms with E-state index < -0.39 is 0 Å². The fourth-order valence-corrected chi connectivity index (χ4v) is 2.52. The largest absolute Gasteiger partial charge is 0.356 e. The van der Waals surface area contributed by atoms with Crippen LogP contribution in [0.3, 0.4) is 0 Å². The van der Waals surface area contributed by atoms with Gasteiger partial charge < -0.3 is 15.5 Å². The lowest BCUT2D eigenvalue weighted by molar-refractivity contribution is -0.130. The first kappa shape index (κ1) is 21.5. The molecule has 0 aromatic rings. The Morgan fingerprint density at radius 3 is 2.41 bits per heavy atom. The maximum Gasteiger partial charge on any atom is 0.241 e. The third-order valence-corrected chi connectivity index (χ3v) is 3.84. The number of nitrogens with zero attached hydrogens (tertiary/aromatic N) is 2. The Bertz CT molecular complexity index is 328. The summed E-state index contributed by atoms with van der Waals surface area (Å²) < 4.78 is 0. The van der Waals surface area contributed by atoms with Gasteiger partial charge in [-0.3, -0.25) is 9.79 Å². The van der Waals surface area contributed by atoms with Crippen LogP contribution >= 0.6 is 24.0 Å². The van der Waals surface area contributed by atoms with E-state index in [1.165, 1.54) is 19.3 Å². The highest BCUT2D eigenvalue weighted by Gasteiger charge is 2.16. The van der Waals surface area contributed by atoms with Crippen LogP contribution in [-0.4, -0.2) is 50.0 Å². The fraction of sp³-hybridized carbons (Fsp3) is 0.875. The number of carbonyl (C=O) groups is 1. The van der Waals surface area contributed by atoms with E-state index in [1.54, 1.807) is 7.05 Å². The van der Waals surface area contributed by atoms with Crippen LogP contribution in [0.5, 0.6) is 0 Å². The fourth-order valence-electron chi connectivity index (χ4n) is 2.52. The summed E-state index contributed by atoms with van der Waals surface area (Å²) in [7, 11) is 1.74. The zero-order valence-electron chi connectivity index (χ0n) is 14.4. The van der Waals surface area contributed by atoms with E-state index in [1.807, 2.05) is 4.90 Å². The smallest absolute Gasteiger partial charge is 0.241 e. The quantitative estimate of drug-likeness (QED) is 0.286. The summed E-state index contributed by atoms with van der Waals surface area (Å²) in [5, 5.41) is 6.38. The van der Waals surface area contributed by atoms with Gasteiger partial charge in [0, 0.05) is 26.7 Å². The standard InChI is InChI=1S/C16H32N4O.HI/c1-14(2)9-5-6-10-18-16(17-3)19-13-15(21)20-11-7-4-8-12-20;/h14H,4-13H2,1-3H3,(H2,17,18,19);1H. The van der Waals surface area contributed by atoms with Crippen LogP contribution in [0.1, 0.15) is 52.4 Å². The number of amides is 1. The zero-order valence-corrected chi connectivity index (χ0v) is 16.7. The molecule has 0 atom stereocenters. The highest BCUT2D eigenvalue weighted by molar-refractivity contribution is 14.0. The highest BCUT2D eigenvalue weighted by atomic mass is 127. The number of piperidine rings is 1. The number of guanidine groups is 1. The molecule has 6 heteroatoms. The predicted molar refractivity (Wildman–Crippen MR) is 104 cm³/mol. The van der Waals surface area contributed by atoms with E-state index in [0.717, 1.165) is 50.8 Å². The van der Waals surface area contributed by atoms with Crippen LogP contribution in [0.4, 0.5) is 0 Å². The summed E-state index contributed by atoms with van der Waals surface area (Å²) in [6.45, 7) is 7.56. The van der Waals surface area contributed by atoms with Crippen molar-refractivity contribution in [2.45, 2.75) is 52.4 Å². The van der Waals surface area contributed by atoms with E-state index in [2.05, 4.69) is 29.5 Å². The number of likely N-dealkylation sites (tertiary alicyclic amines) is 1. The van der Waals surface area contributed by atoms with Crippen molar-refractivity contribution in [1.29, 1.82) is 0 Å². The van der Waals surface area contributed by atoms with E-state index in [-0.39, 0.29) is 29.9 Å². The van der Waals surface area contributed by atoms with Crippen molar-refractivity contribution in [1.82, 2.24) is 15.5 Å². The molecule has 0 unspecified atom stereocenters. The number of hydrogen-bond acceptors (Lipinski definition) is 2. The molecule has 1 fully saturated rings. The summed E-state index contributed by atoms with van der Waals surface area (Å²) >= 11 is 0. The average Bonchev–Trinajstić information content (AvgIpc) is 2.50. The van der Waals surface area contributed by atoms with Gasteiger partial charge in [0.2, 0.25) is 5.91 Å². The number of unbranched alkanes of at least 4 members (excludes halogenated alkanes) is 1. The minimum absolute atomic E-state index is 0. The Hall–Kier alpha value is -0.530. The molecule has 1 saturated heterocycles. The molecule has 0 bridgehead atoms. The first-order valence-corrected chi connectivity index (χ1v) is 8.35. The highest BCUT2D eigenvalue weighted by Crippen LogP contribution is 2.08. The molecule has 1 aliphatic rings. The minimum atomic E-state index is 0. The Balaban J connectivity index is 0.00000441. The molecular weight excluding hydrogens is 391 g/mol. The molecule has 0 saturated carbocycles. The number of aliphatic imine (C=N–C) groups is 1. The lowest BCUT2D eigenvalue weighted by Gasteiger charge is -2.27. The van der Waals surface area contributed by atoms with E-state index in [0.29, 0.717) is 6.54 Å². The van der Waals surface area contributed by atoms with Gasteiger partial charge >= 0.3 is 0 Å². The second kappa shape index (κ2) is 13.0. The first-order valence-electron chi connectivity index (χ1n) is 8.35. The number of carbonyl (C=O) groups excluding carboxylic acids is 1. The number of rotatable bonds is 7. The summed E-state index contributed by atoms with van der Waals surface area (Å²) in [4.78, 5) is 18.2.